The molecule has 2 aromatic heterocycles. The van der Waals surface area contributed by atoms with Crippen LogP contribution >= 0.6 is 23.2 Å². The molecule has 2 aliphatic rings. The van der Waals surface area contributed by atoms with Crippen LogP contribution < -0.4 is 5.32 Å². The van der Waals surface area contributed by atoms with Crippen molar-refractivity contribution in [2.75, 3.05) is 5.32 Å². The molecular weight excluding hydrogens is 387 g/mol. The molecule has 3 aromatic rings. The van der Waals surface area contributed by atoms with Gasteiger partial charge in [-0.15, -0.1) is 5.10 Å². The van der Waals surface area contributed by atoms with Gasteiger partial charge in [-0.3, -0.25) is 4.79 Å². The molecule has 1 aromatic carbocycles. The summed E-state index contributed by atoms with van der Waals surface area (Å²) < 4.78 is 7.13. The second-order valence-corrected chi connectivity index (χ2v) is 7.39. The minimum Gasteiger partial charge on any atom is -0.461 e. The number of allylic oxidation sites excluding steroid dienone is 2. The lowest BCUT2D eigenvalue weighted by Gasteiger charge is -2.32. The number of nitrogens with one attached hydrogen (secondary N) is 1. The second kappa shape index (κ2) is 6.25. The summed E-state index contributed by atoms with van der Waals surface area (Å²) in [4.78, 5) is 17.4. The van der Waals surface area contributed by atoms with Crippen molar-refractivity contribution in [1.82, 2.24) is 14.8 Å². The van der Waals surface area contributed by atoms with Gasteiger partial charge in [0, 0.05) is 33.3 Å². The smallest absolute Gasteiger partial charge is 0.227 e. The number of nitrogens with zero attached hydrogens (tertiary/aromatic N) is 3. The van der Waals surface area contributed by atoms with Gasteiger partial charge in [-0.25, -0.2) is 4.68 Å². The second-order valence-electron chi connectivity index (χ2n) is 6.54. The third-order valence-electron chi connectivity index (χ3n) is 4.87. The van der Waals surface area contributed by atoms with E-state index < -0.39 is 6.04 Å². The van der Waals surface area contributed by atoms with Crippen LogP contribution in [-0.4, -0.2) is 20.5 Å². The van der Waals surface area contributed by atoms with E-state index in [1.165, 1.54) is 0 Å². The number of Topliss-reactive ketones (excluding diaryl/α,β-unsaturated/α-hetero) is 1. The Kier molecular flexibility index (Phi) is 3.84. The SMILES string of the molecule is O=C1CCCC2=C1C(c1ccc(Cl)cc1Cl)n1nc(-c3ccco3)nc1N2. The van der Waals surface area contributed by atoms with E-state index in [1.54, 1.807) is 35.2 Å². The molecule has 0 saturated heterocycles. The number of aromatic nitrogens is 3. The van der Waals surface area contributed by atoms with Gasteiger partial charge in [-0.1, -0.05) is 29.3 Å². The zero-order chi connectivity index (χ0) is 18.5. The molecule has 0 radical (unpaired) electrons. The highest BCUT2D eigenvalue weighted by molar-refractivity contribution is 6.35. The first kappa shape index (κ1) is 16.6. The lowest BCUT2D eigenvalue weighted by atomic mass is 9.85. The Bertz CT molecular complexity index is 1090. The van der Waals surface area contributed by atoms with Gasteiger partial charge in [0.2, 0.25) is 11.8 Å². The molecule has 8 heteroatoms. The number of furan rings is 1. The first-order chi connectivity index (χ1) is 13.1. The largest absolute Gasteiger partial charge is 0.461 e. The van der Waals surface area contributed by atoms with Crippen LogP contribution in [0.1, 0.15) is 30.9 Å². The van der Waals surface area contributed by atoms with Crippen molar-refractivity contribution in [1.29, 1.82) is 0 Å². The predicted octanol–water partition coefficient (Wildman–Crippen LogP) is 4.87. The van der Waals surface area contributed by atoms with Crippen molar-refractivity contribution in [3.8, 4) is 11.6 Å². The predicted molar refractivity (Wildman–Crippen MR) is 102 cm³/mol. The van der Waals surface area contributed by atoms with Gasteiger partial charge in [0.15, 0.2) is 11.5 Å². The zero-order valence-electron chi connectivity index (χ0n) is 14.1. The van der Waals surface area contributed by atoms with Crippen molar-refractivity contribution in [3.63, 3.8) is 0 Å². The monoisotopic (exact) mass is 400 g/mol. The Morgan fingerprint density at radius 1 is 1.22 bits per heavy atom. The fourth-order valence-electron chi connectivity index (χ4n) is 3.68. The van der Waals surface area contributed by atoms with E-state index in [-0.39, 0.29) is 5.78 Å². The van der Waals surface area contributed by atoms with Crippen molar-refractivity contribution < 1.29 is 9.21 Å². The molecule has 0 amide bonds. The van der Waals surface area contributed by atoms with Crippen molar-refractivity contribution in [2.45, 2.75) is 25.3 Å². The van der Waals surface area contributed by atoms with E-state index in [2.05, 4.69) is 15.4 Å². The highest BCUT2D eigenvalue weighted by Gasteiger charge is 2.38. The van der Waals surface area contributed by atoms with Gasteiger partial charge in [0.1, 0.15) is 6.04 Å². The number of fused-ring (bicyclic) bond motifs is 1. The molecule has 0 spiro atoms. The minimum atomic E-state index is -0.454. The van der Waals surface area contributed by atoms with Crippen molar-refractivity contribution in [2.24, 2.45) is 0 Å². The van der Waals surface area contributed by atoms with Crippen molar-refractivity contribution in [3.05, 3.63) is 63.5 Å². The lowest BCUT2D eigenvalue weighted by Crippen LogP contribution is -2.31. The molecule has 1 aliphatic carbocycles. The summed E-state index contributed by atoms with van der Waals surface area (Å²) in [6.45, 7) is 0. The van der Waals surface area contributed by atoms with E-state index in [0.717, 1.165) is 24.1 Å². The molecule has 1 N–H and O–H groups in total. The van der Waals surface area contributed by atoms with Crippen LogP contribution in [0.25, 0.3) is 11.6 Å². The number of hydrogen-bond donors (Lipinski definition) is 1. The molecule has 3 heterocycles. The molecular formula is C19H14Cl2N4O2. The molecule has 1 aliphatic heterocycles. The molecule has 27 heavy (non-hydrogen) atoms. The van der Waals surface area contributed by atoms with E-state index in [4.69, 9.17) is 27.6 Å². The summed E-state index contributed by atoms with van der Waals surface area (Å²) in [7, 11) is 0. The molecule has 0 bridgehead atoms. The topological polar surface area (TPSA) is 73.0 Å². The maximum absolute atomic E-state index is 12.8. The number of ketones is 1. The van der Waals surface area contributed by atoms with E-state index >= 15 is 0 Å². The highest BCUT2D eigenvalue weighted by Crippen LogP contribution is 2.42. The molecule has 1 atom stereocenters. The van der Waals surface area contributed by atoms with E-state index in [0.29, 0.717) is 39.6 Å². The van der Waals surface area contributed by atoms with Gasteiger partial charge in [-0.2, -0.15) is 4.98 Å². The zero-order valence-corrected chi connectivity index (χ0v) is 15.6. The highest BCUT2D eigenvalue weighted by atomic mass is 35.5. The Labute approximate surface area is 164 Å². The van der Waals surface area contributed by atoms with Gasteiger partial charge >= 0.3 is 0 Å². The van der Waals surface area contributed by atoms with Gasteiger partial charge in [0.25, 0.3) is 0 Å². The normalized spacial score (nSPS) is 18.9. The van der Waals surface area contributed by atoms with E-state index in [9.17, 15) is 4.79 Å². The standard InChI is InChI=1S/C19H14Cl2N4O2/c20-10-6-7-11(12(21)9-10)17-16-13(3-1-4-14(16)26)22-19-23-18(24-25(17)19)15-5-2-8-27-15/h2,5-9,17H,1,3-4H2,(H,22,23,24). The van der Waals surface area contributed by atoms with Crippen LogP contribution in [0.3, 0.4) is 0 Å². The van der Waals surface area contributed by atoms with Crippen LogP contribution in [0, 0.1) is 0 Å². The molecule has 0 saturated carbocycles. The average molecular weight is 401 g/mol. The molecule has 0 fully saturated rings. The number of hydrogen-bond acceptors (Lipinski definition) is 5. The quantitative estimate of drug-likeness (QED) is 0.664. The number of carbonyl (C=O) groups is 1. The third-order valence-corrected chi connectivity index (χ3v) is 5.43. The van der Waals surface area contributed by atoms with Gasteiger partial charge in [0.05, 0.1) is 6.26 Å². The van der Waals surface area contributed by atoms with Crippen LogP contribution in [0.15, 0.2) is 52.3 Å². The number of halogens is 2. The summed E-state index contributed by atoms with van der Waals surface area (Å²) in [5, 5.41) is 8.92. The Morgan fingerprint density at radius 2 is 2.11 bits per heavy atom. The number of rotatable bonds is 2. The van der Waals surface area contributed by atoms with Crippen molar-refractivity contribution >= 4 is 34.9 Å². The average Bonchev–Trinajstić information content (AvgIpc) is 3.30. The maximum Gasteiger partial charge on any atom is 0.227 e. The third kappa shape index (κ3) is 2.67. The first-order valence-electron chi connectivity index (χ1n) is 8.60. The first-order valence-corrected chi connectivity index (χ1v) is 9.36. The van der Waals surface area contributed by atoms with E-state index in [1.807, 2.05) is 6.07 Å². The van der Waals surface area contributed by atoms with Crippen LogP contribution in [0.4, 0.5) is 5.95 Å². The summed E-state index contributed by atoms with van der Waals surface area (Å²) >= 11 is 12.6. The molecule has 6 nitrogen and oxygen atoms in total. The summed E-state index contributed by atoms with van der Waals surface area (Å²) in [5.74, 6) is 1.67. The molecule has 1 unspecified atom stereocenters. The Morgan fingerprint density at radius 3 is 2.89 bits per heavy atom. The number of carbonyl (C=O) groups excluding carboxylic acids is 1. The Hall–Kier alpha value is -2.57. The Balaban J connectivity index is 1.72. The van der Waals surface area contributed by atoms with Crippen LogP contribution in [-0.2, 0) is 4.79 Å². The number of anilines is 1. The molecule has 136 valence electrons. The lowest BCUT2D eigenvalue weighted by molar-refractivity contribution is -0.116. The summed E-state index contributed by atoms with van der Waals surface area (Å²) in [6.07, 6.45) is 3.68. The maximum atomic E-state index is 12.8. The fraction of sp³-hybridized carbons (Fsp3) is 0.211. The summed E-state index contributed by atoms with van der Waals surface area (Å²) in [5.41, 5.74) is 2.34. The van der Waals surface area contributed by atoms with Crippen LogP contribution in [0.2, 0.25) is 10.0 Å². The summed E-state index contributed by atoms with van der Waals surface area (Å²) in [6, 6.07) is 8.41. The van der Waals surface area contributed by atoms with Gasteiger partial charge < -0.3 is 9.73 Å². The fourth-order valence-corrected chi connectivity index (χ4v) is 4.19. The number of benzene rings is 1. The van der Waals surface area contributed by atoms with Crippen LogP contribution in [0.5, 0.6) is 0 Å². The molecule has 5 rings (SSSR count). The minimum absolute atomic E-state index is 0.0977. The van der Waals surface area contributed by atoms with Gasteiger partial charge in [-0.05, 0) is 37.1 Å².